The van der Waals surface area contributed by atoms with E-state index in [0.717, 1.165) is 4.88 Å². The molecule has 0 aliphatic carbocycles. The quantitative estimate of drug-likeness (QED) is 0.644. The van der Waals surface area contributed by atoms with E-state index >= 15 is 0 Å². The SMILES string of the molecule is Cc1cc(C)c(C(NN)c2cnns2)cc1C. The lowest BCUT2D eigenvalue weighted by molar-refractivity contribution is 0.641. The summed E-state index contributed by atoms with van der Waals surface area (Å²) in [4.78, 5) is 1.03. The number of hydrogen-bond donors (Lipinski definition) is 2. The summed E-state index contributed by atoms with van der Waals surface area (Å²) in [6, 6.07) is 4.33. The van der Waals surface area contributed by atoms with Crippen LogP contribution < -0.4 is 11.3 Å². The fourth-order valence-electron chi connectivity index (χ4n) is 1.92. The Bertz CT molecular complexity index is 507. The minimum atomic E-state index is -0.0331. The maximum Gasteiger partial charge on any atom is 0.0837 e. The standard InChI is InChI=1S/C12H16N4S/c1-7-4-9(3)10(5-8(7)2)12(15-13)11-6-14-16-17-11/h4-6,12,15H,13H2,1-3H3. The van der Waals surface area contributed by atoms with Crippen molar-refractivity contribution in [2.75, 3.05) is 0 Å². The van der Waals surface area contributed by atoms with Gasteiger partial charge in [-0.3, -0.25) is 5.84 Å². The number of aryl methyl sites for hydroxylation is 3. The van der Waals surface area contributed by atoms with Crippen LogP contribution >= 0.6 is 11.5 Å². The molecule has 5 heteroatoms. The Kier molecular flexibility index (Phi) is 3.51. The molecule has 0 bridgehead atoms. The van der Waals surface area contributed by atoms with Gasteiger partial charge in [0.1, 0.15) is 0 Å². The van der Waals surface area contributed by atoms with E-state index in [1.807, 2.05) is 0 Å². The number of nitrogens with two attached hydrogens (primary N) is 1. The van der Waals surface area contributed by atoms with Crippen molar-refractivity contribution in [1.82, 2.24) is 15.0 Å². The zero-order chi connectivity index (χ0) is 12.4. The number of nitrogens with one attached hydrogen (secondary N) is 1. The second-order valence-corrected chi connectivity index (χ2v) is 5.03. The van der Waals surface area contributed by atoms with Crippen molar-refractivity contribution in [3.8, 4) is 0 Å². The van der Waals surface area contributed by atoms with Crippen LogP contribution in [0.3, 0.4) is 0 Å². The third-order valence-electron chi connectivity index (χ3n) is 3.02. The molecule has 90 valence electrons. The highest BCUT2D eigenvalue weighted by Crippen LogP contribution is 2.27. The summed E-state index contributed by atoms with van der Waals surface area (Å²) in [6.45, 7) is 6.32. The first-order chi connectivity index (χ1) is 8.13. The number of hydrogen-bond acceptors (Lipinski definition) is 5. The molecule has 0 radical (unpaired) electrons. The molecule has 3 N–H and O–H groups in total. The number of aromatic nitrogens is 2. The minimum Gasteiger partial charge on any atom is -0.271 e. The molecule has 0 aliphatic heterocycles. The van der Waals surface area contributed by atoms with Gasteiger partial charge in [-0.25, -0.2) is 5.43 Å². The van der Waals surface area contributed by atoms with Crippen LogP contribution in [0.2, 0.25) is 0 Å². The van der Waals surface area contributed by atoms with Crippen molar-refractivity contribution in [1.29, 1.82) is 0 Å². The second-order valence-electron chi connectivity index (χ2n) is 4.21. The van der Waals surface area contributed by atoms with Crippen LogP contribution in [-0.4, -0.2) is 9.59 Å². The van der Waals surface area contributed by atoms with Gasteiger partial charge in [-0.05, 0) is 54.6 Å². The van der Waals surface area contributed by atoms with Crippen molar-refractivity contribution in [2.24, 2.45) is 5.84 Å². The van der Waals surface area contributed by atoms with Gasteiger partial charge in [0.25, 0.3) is 0 Å². The largest absolute Gasteiger partial charge is 0.271 e. The lowest BCUT2D eigenvalue weighted by atomic mass is 9.95. The monoisotopic (exact) mass is 248 g/mol. The Labute approximate surface area is 105 Å². The van der Waals surface area contributed by atoms with Gasteiger partial charge in [-0.2, -0.15) is 0 Å². The van der Waals surface area contributed by atoms with Crippen LogP contribution in [0.5, 0.6) is 0 Å². The zero-order valence-electron chi connectivity index (χ0n) is 10.2. The van der Waals surface area contributed by atoms with Crippen LogP contribution in [0.1, 0.15) is 33.2 Å². The molecule has 1 aromatic carbocycles. The van der Waals surface area contributed by atoms with Gasteiger partial charge in [0, 0.05) is 0 Å². The van der Waals surface area contributed by atoms with Crippen LogP contribution in [0.15, 0.2) is 18.3 Å². The molecule has 2 rings (SSSR count). The molecule has 0 spiro atoms. The molecule has 17 heavy (non-hydrogen) atoms. The highest BCUT2D eigenvalue weighted by molar-refractivity contribution is 7.05. The van der Waals surface area contributed by atoms with Gasteiger partial charge in [0.15, 0.2) is 0 Å². The van der Waals surface area contributed by atoms with E-state index in [0.29, 0.717) is 0 Å². The van der Waals surface area contributed by atoms with E-state index in [2.05, 4.69) is 47.9 Å². The molecule has 1 unspecified atom stereocenters. The summed E-state index contributed by atoms with van der Waals surface area (Å²) < 4.78 is 3.88. The van der Waals surface area contributed by atoms with E-state index in [9.17, 15) is 0 Å². The van der Waals surface area contributed by atoms with Crippen molar-refractivity contribution in [3.63, 3.8) is 0 Å². The van der Waals surface area contributed by atoms with Crippen LogP contribution in [-0.2, 0) is 0 Å². The summed E-state index contributed by atoms with van der Waals surface area (Å²) >= 11 is 1.37. The van der Waals surface area contributed by atoms with Gasteiger partial charge in [0.05, 0.1) is 17.1 Å². The second kappa shape index (κ2) is 4.91. The maximum absolute atomic E-state index is 5.65. The van der Waals surface area contributed by atoms with Crippen molar-refractivity contribution < 1.29 is 0 Å². The van der Waals surface area contributed by atoms with E-state index in [1.54, 1.807) is 6.20 Å². The fraction of sp³-hybridized carbons (Fsp3) is 0.333. The fourth-order valence-corrected chi connectivity index (χ4v) is 2.50. The topological polar surface area (TPSA) is 63.8 Å². The van der Waals surface area contributed by atoms with E-state index in [-0.39, 0.29) is 6.04 Å². The first-order valence-electron chi connectivity index (χ1n) is 5.44. The van der Waals surface area contributed by atoms with Crippen LogP contribution in [0.25, 0.3) is 0 Å². The third-order valence-corrected chi connectivity index (χ3v) is 3.75. The molecule has 0 fully saturated rings. The summed E-state index contributed by atoms with van der Waals surface area (Å²) in [7, 11) is 0. The number of nitrogens with zero attached hydrogens (tertiary/aromatic N) is 2. The van der Waals surface area contributed by atoms with Crippen LogP contribution in [0.4, 0.5) is 0 Å². The molecule has 0 amide bonds. The van der Waals surface area contributed by atoms with Crippen molar-refractivity contribution in [3.05, 3.63) is 45.5 Å². The van der Waals surface area contributed by atoms with E-state index in [4.69, 9.17) is 5.84 Å². The molecule has 0 saturated heterocycles. The highest BCUT2D eigenvalue weighted by atomic mass is 32.1. The van der Waals surface area contributed by atoms with E-state index in [1.165, 1.54) is 33.8 Å². The summed E-state index contributed by atoms with van der Waals surface area (Å²) in [5, 5.41) is 3.86. The molecule has 1 aromatic heterocycles. The lowest BCUT2D eigenvalue weighted by Gasteiger charge is -2.18. The Morgan fingerprint density at radius 3 is 2.47 bits per heavy atom. The predicted octanol–water partition coefficient (Wildman–Crippen LogP) is 2.02. The smallest absolute Gasteiger partial charge is 0.0837 e. The molecular formula is C12H16N4S. The normalized spacial score (nSPS) is 12.7. The number of rotatable bonds is 3. The molecule has 1 atom stereocenters. The van der Waals surface area contributed by atoms with Gasteiger partial charge in [-0.1, -0.05) is 16.6 Å². The molecule has 0 saturated carbocycles. The Balaban J connectivity index is 2.48. The average molecular weight is 248 g/mol. The summed E-state index contributed by atoms with van der Waals surface area (Å²) in [5.41, 5.74) is 7.81. The van der Waals surface area contributed by atoms with Crippen molar-refractivity contribution >= 4 is 11.5 Å². The van der Waals surface area contributed by atoms with Gasteiger partial charge < -0.3 is 0 Å². The molecule has 0 aliphatic rings. The first-order valence-corrected chi connectivity index (χ1v) is 6.22. The first kappa shape index (κ1) is 12.2. The highest BCUT2D eigenvalue weighted by Gasteiger charge is 2.17. The number of benzene rings is 1. The zero-order valence-corrected chi connectivity index (χ0v) is 11.0. The lowest BCUT2D eigenvalue weighted by Crippen LogP contribution is -2.28. The van der Waals surface area contributed by atoms with Crippen molar-refractivity contribution in [2.45, 2.75) is 26.8 Å². The van der Waals surface area contributed by atoms with Gasteiger partial charge in [0.2, 0.25) is 0 Å². The van der Waals surface area contributed by atoms with E-state index < -0.39 is 0 Å². The minimum absolute atomic E-state index is 0.0331. The summed E-state index contributed by atoms with van der Waals surface area (Å²) in [6.07, 6.45) is 1.75. The molecule has 1 heterocycles. The van der Waals surface area contributed by atoms with Gasteiger partial charge >= 0.3 is 0 Å². The Hall–Kier alpha value is -1.30. The third kappa shape index (κ3) is 2.36. The molecule has 4 nitrogen and oxygen atoms in total. The van der Waals surface area contributed by atoms with Gasteiger partial charge in [-0.15, -0.1) is 5.10 Å². The van der Waals surface area contributed by atoms with Crippen LogP contribution in [0, 0.1) is 20.8 Å². The Morgan fingerprint density at radius 2 is 1.88 bits per heavy atom. The summed E-state index contributed by atoms with van der Waals surface area (Å²) in [5.74, 6) is 5.65. The maximum atomic E-state index is 5.65. The molecule has 2 aromatic rings. The Morgan fingerprint density at radius 1 is 1.18 bits per heavy atom. The predicted molar refractivity (Wildman–Crippen MR) is 69.7 cm³/mol. The number of hydrazine groups is 1. The molecular weight excluding hydrogens is 232 g/mol. The average Bonchev–Trinajstić information content (AvgIpc) is 2.80.